The maximum atomic E-state index is 12.0. The minimum atomic E-state index is -0.459. The molecule has 0 aromatic heterocycles. The lowest BCUT2D eigenvalue weighted by atomic mass is 10.1. The van der Waals surface area contributed by atoms with Crippen LogP contribution in [-0.4, -0.2) is 47.6 Å². The predicted octanol–water partition coefficient (Wildman–Crippen LogP) is 0.276. The summed E-state index contributed by atoms with van der Waals surface area (Å²) in [5.41, 5.74) is 0. The van der Waals surface area contributed by atoms with Crippen LogP contribution >= 0.6 is 0 Å². The van der Waals surface area contributed by atoms with Gasteiger partial charge in [0.1, 0.15) is 6.04 Å². The van der Waals surface area contributed by atoms with E-state index in [1.165, 1.54) is 6.42 Å². The highest BCUT2D eigenvalue weighted by Crippen LogP contribution is 2.09. The van der Waals surface area contributed by atoms with Gasteiger partial charge in [-0.2, -0.15) is 0 Å². The second-order valence-electron chi connectivity index (χ2n) is 4.50. The van der Waals surface area contributed by atoms with Crippen molar-refractivity contribution in [3.8, 4) is 0 Å². The highest BCUT2D eigenvalue weighted by atomic mass is 16.3. The van der Waals surface area contributed by atoms with Crippen LogP contribution in [0.4, 0.5) is 0 Å². The Bertz CT molecular complexity index is 262. The lowest BCUT2D eigenvalue weighted by Gasteiger charge is -2.29. The topological polar surface area (TPSA) is 69.6 Å². The molecule has 5 nitrogen and oxygen atoms in total. The molecule has 0 aliphatic carbocycles. The number of aliphatic hydroxyl groups is 1. The molecule has 0 aromatic rings. The molecule has 1 aliphatic heterocycles. The lowest BCUT2D eigenvalue weighted by Crippen LogP contribution is -2.48. The largest absolute Gasteiger partial charge is 0.396 e. The second kappa shape index (κ2) is 7.27. The Morgan fingerprint density at radius 2 is 1.94 bits per heavy atom. The molecule has 0 radical (unpaired) electrons. The smallest absolute Gasteiger partial charge is 0.244 e. The van der Waals surface area contributed by atoms with Gasteiger partial charge in [-0.25, -0.2) is 0 Å². The van der Waals surface area contributed by atoms with E-state index in [1.54, 1.807) is 6.92 Å². The second-order valence-corrected chi connectivity index (χ2v) is 4.50. The fraction of sp³-hybridized carbons (Fsp3) is 0.833. The molecule has 1 unspecified atom stereocenters. The Balaban J connectivity index is 2.32. The molecule has 1 heterocycles. The molecule has 1 aliphatic rings. The third-order valence-corrected chi connectivity index (χ3v) is 2.98. The van der Waals surface area contributed by atoms with Gasteiger partial charge in [0.2, 0.25) is 11.8 Å². The predicted molar refractivity (Wildman–Crippen MR) is 64.4 cm³/mol. The van der Waals surface area contributed by atoms with Crippen LogP contribution in [0.5, 0.6) is 0 Å². The average molecular weight is 242 g/mol. The van der Waals surface area contributed by atoms with Crippen molar-refractivity contribution in [2.75, 3.05) is 19.7 Å². The van der Waals surface area contributed by atoms with Gasteiger partial charge in [-0.05, 0) is 32.6 Å². The minimum Gasteiger partial charge on any atom is -0.396 e. The van der Waals surface area contributed by atoms with Crippen molar-refractivity contribution in [1.82, 2.24) is 10.2 Å². The maximum absolute atomic E-state index is 12.0. The van der Waals surface area contributed by atoms with Gasteiger partial charge in [-0.15, -0.1) is 0 Å². The molecule has 5 heteroatoms. The van der Waals surface area contributed by atoms with Gasteiger partial charge >= 0.3 is 0 Å². The van der Waals surface area contributed by atoms with E-state index in [0.717, 1.165) is 25.9 Å². The normalized spacial score (nSPS) is 17.6. The van der Waals surface area contributed by atoms with E-state index in [4.69, 9.17) is 5.11 Å². The molecule has 0 saturated carbocycles. The number of likely N-dealkylation sites (tertiary alicyclic amines) is 1. The summed E-state index contributed by atoms with van der Waals surface area (Å²) in [7, 11) is 0. The van der Waals surface area contributed by atoms with E-state index >= 15 is 0 Å². The van der Waals surface area contributed by atoms with Crippen LogP contribution in [0, 0.1) is 0 Å². The number of nitrogens with zero attached hydrogens (tertiary/aromatic N) is 1. The molecule has 0 bridgehead atoms. The number of nitrogens with one attached hydrogen (secondary N) is 1. The number of piperidine rings is 1. The van der Waals surface area contributed by atoms with Crippen molar-refractivity contribution < 1.29 is 14.7 Å². The average Bonchev–Trinajstić information content (AvgIpc) is 2.36. The number of aliphatic hydroxyl groups excluding tert-OH is 1. The molecule has 1 fully saturated rings. The first-order valence-electron chi connectivity index (χ1n) is 6.34. The number of carbonyl (C=O) groups excluding carboxylic acids is 2. The molecule has 0 aromatic carbocycles. The summed E-state index contributed by atoms with van der Waals surface area (Å²) >= 11 is 0. The Hall–Kier alpha value is -1.10. The molecule has 0 spiro atoms. The Labute approximate surface area is 102 Å². The summed E-state index contributed by atoms with van der Waals surface area (Å²) < 4.78 is 0. The molecule has 1 rings (SSSR count). The molecule has 2 N–H and O–H groups in total. The molecule has 1 saturated heterocycles. The third kappa shape index (κ3) is 4.73. The fourth-order valence-corrected chi connectivity index (χ4v) is 2.00. The SMILES string of the molecule is CC(NC(=O)CCCO)C(=O)N1CCCCC1. The van der Waals surface area contributed by atoms with Crippen molar-refractivity contribution >= 4 is 11.8 Å². The number of hydrogen-bond acceptors (Lipinski definition) is 3. The first kappa shape index (κ1) is 14.0. The van der Waals surface area contributed by atoms with Crippen LogP contribution in [-0.2, 0) is 9.59 Å². The van der Waals surface area contributed by atoms with Crippen LogP contribution in [0.2, 0.25) is 0 Å². The Kier molecular flexibility index (Phi) is 5.97. The van der Waals surface area contributed by atoms with Gasteiger partial charge < -0.3 is 15.3 Å². The minimum absolute atomic E-state index is 0.00186. The number of hydrogen-bond donors (Lipinski definition) is 2. The summed E-state index contributed by atoms with van der Waals surface area (Å²) in [5, 5.41) is 11.3. The monoisotopic (exact) mass is 242 g/mol. The lowest BCUT2D eigenvalue weighted by molar-refractivity contribution is -0.136. The van der Waals surface area contributed by atoms with E-state index in [0.29, 0.717) is 6.42 Å². The van der Waals surface area contributed by atoms with E-state index in [2.05, 4.69) is 5.32 Å². The zero-order valence-corrected chi connectivity index (χ0v) is 10.4. The third-order valence-electron chi connectivity index (χ3n) is 2.98. The van der Waals surface area contributed by atoms with Crippen molar-refractivity contribution in [2.24, 2.45) is 0 Å². The van der Waals surface area contributed by atoms with Crippen molar-refractivity contribution in [1.29, 1.82) is 0 Å². The summed E-state index contributed by atoms with van der Waals surface area (Å²) in [6, 6.07) is -0.459. The van der Waals surface area contributed by atoms with Gasteiger partial charge in [0.15, 0.2) is 0 Å². The van der Waals surface area contributed by atoms with Crippen LogP contribution in [0.1, 0.15) is 39.0 Å². The van der Waals surface area contributed by atoms with Crippen molar-refractivity contribution in [2.45, 2.75) is 45.1 Å². The van der Waals surface area contributed by atoms with Gasteiger partial charge in [-0.1, -0.05) is 0 Å². The van der Waals surface area contributed by atoms with E-state index < -0.39 is 6.04 Å². The highest BCUT2D eigenvalue weighted by molar-refractivity contribution is 5.87. The zero-order chi connectivity index (χ0) is 12.7. The van der Waals surface area contributed by atoms with Crippen molar-refractivity contribution in [3.05, 3.63) is 0 Å². The van der Waals surface area contributed by atoms with Gasteiger partial charge in [0, 0.05) is 26.1 Å². The molecule has 1 atom stereocenters. The first-order chi connectivity index (χ1) is 8.15. The quantitative estimate of drug-likeness (QED) is 0.727. The standard InChI is InChI=1S/C12H22N2O3/c1-10(13-11(16)6-5-9-15)12(17)14-7-3-2-4-8-14/h10,15H,2-9H2,1H3,(H,13,16). The fourth-order valence-electron chi connectivity index (χ4n) is 2.00. The van der Waals surface area contributed by atoms with Crippen LogP contribution in [0.15, 0.2) is 0 Å². The summed E-state index contributed by atoms with van der Waals surface area (Å²) in [5.74, 6) is -0.168. The van der Waals surface area contributed by atoms with Crippen LogP contribution in [0.3, 0.4) is 0 Å². The summed E-state index contributed by atoms with van der Waals surface area (Å²) in [6.07, 6.45) is 4.00. The molecular formula is C12H22N2O3. The van der Waals surface area contributed by atoms with E-state index in [9.17, 15) is 9.59 Å². The summed E-state index contributed by atoms with van der Waals surface area (Å²) in [4.78, 5) is 25.2. The van der Waals surface area contributed by atoms with Gasteiger partial charge in [0.05, 0.1) is 0 Å². The first-order valence-corrected chi connectivity index (χ1v) is 6.34. The molecule has 2 amide bonds. The van der Waals surface area contributed by atoms with Crippen LogP contribution in [0.25, 0.3) is 0 Å². The van der Waals surface area contributed by atoms with Gasteiger partial charge in [0.25, 0.3) is 0 Å². The van der Waals surface area contributed by atoms with Crippen LogP contribution < -0.4 is 5.32 Å². The molecular weight excluding hydrogens is 220 g/mol. The zero-order valence-electron chi connectivity index (χ0n) is 10.4. The number of carbonyl (C=O) groups is 2. The van der Waals surface area contributed by atoms with Crippen molar-refractivity contribution in [3.63, 3.8) is 0 Å². The Morgan fingerprint density at radius 3 is 2.53 bits per heavy atom. The number of amides is 2. The summed E-state index contributed by atoms with van der Waals surface area (Å²) in [6.45, 7) is 3.32. The van der Waals surface area contributed by atoms with Gasteiger partial charge in [-0.3, -0.25) is 9.59 Å². The highest BCUT2D eigenvalue weighted by Gasteiger charge is 2.22. The Morgan fingerprint density at radius 1 is 1.29 bits per heavy atom. The van der Waals surface area contributed by atoms with E-state index in [1.807, 2.05) is 4.90 Å². The molecule has 17 heavy (non-hydrogen) atoms. The molecule has 98 valence electrons. The number of rotatable bonds is 5. The maximum Gasteiger partial charge on any atom is 0.244 e. The van der Waals surface area contributed by atoms with E-state index in [-0.39, 0.29) is 24.8 Å².